The Balaban J connectivity index is 1.19. The molecule has 1 fully saturated rings. The van der Waals surface area contributed by atoms with Crippen molar-refractivity contribution in [2.75, 3.05) is 42.5 Å². The second-order valence-corrected chi connectivity index (χ2v) is 8.77. The van der Waals surface area contributed by atoms with Gasteiger partial charge in [0.2, 0.25) is 5.95 Å². The van der Waals surface area contributed by atoms with Crippen LogP contribution < -0.4 is 16.4 Å². The molecule has 1 aliphatic heterocycles. The molecule has 2 aromatic carbocycles. The van der Waals surface area contributed by atoms with Gasteiger partial charge in [-0.1, -0.05) is 24.3 Å². The summed E-state index contributed by atoms with van der Waals surface area (Å²) in [6.45, 7) is 4.45. The molecule has 0 aliphatic carbocycles. The number of pyridine rings is 1. The van der Waals surface area contributed by atoms with Gasteiger partial charge in [-0.25, -0.2) is 14.4 Å². The van der Waals surface area contributed by atoms with Crippen LogP contribution in [-0.2, 0) is 6.54 Å². The van der Waals surface area contributed by atoms with Gasteiger partial charge in [-0.2, -0.15) is 0 Å². The largest absolute Gasteiger partial charge is 0.396 e. The van der Waals surface area contributed by atoms with Gasteiger partial charge in [0.05, 0.1) is 23.3 Å². The topological polar surface area (TPSA) is 84.0 Å². The molecule has 2 aromatic heterocycles. The minimum atomic E-state index is -0.219. The summed E-state index contributed by atoms with van der Waals surface area (Å²) in [5, 5.41) is 7.02. The quantitative estimate of drug-likeness (QED) is 0.366. The molecule has 0 radical (unpaired) electrons. The van der Waals surface area contributed by atoms with Crippen LogP contribution in [0.15, 0.2) is 66.9 Å². The number of para-hydroxylation sites is 2. The SMILES string of the molecule is Nc1cccnc1NCCN1CCC(Nc2nc3ccccc3n2Cc2ccc(F)cc2)CC1. The van der Waals surface area contributed by atoms with Crippen molar-refractivity contribution in [2.24, 2.45) is 0 Å². The molecular weight excluding hydrogens is 429 g/mol. The number of likely N-dealkylation sites (tertiary alicyclic amines) is 1. The molecule has 1 saturated heterocycles. The number of fused-ring (bicyclic) bond motifs is 1. The predicted molar refractivity (Wildman–Crippen MR) is 135 cm³/mol. The average molecular weight is 460 g/mol. The maximum Gasteiger partial charge on any atom is 0.204 e. The van der Waals surface area contributed by atoms with Gasteiger partial charge in [0.15, 0.2) is 0 Å². The lowest BCUT2D eigenvalue weighted by atomic mass is 10.1. The molecule has 0 bridgehead atoms. The van der Waals surface area contributed by atoms with Crippen molar-refractivity contribution in [1.82, 2.24) is 19.4 Å². The van der Waals surface area contributed by atoms with E-state index in [4.69, 9.17) is 10.7 Å². The Kier molecular flexibility index (Phi) is 6.58. The van der Waals surface area contributed by atoms with E-state index in [0.29, 0.717) is 18.3 Å². The summed E-state index contributed by atoms with van der Waals surface area (Å²) in [6.07, 6.45) is 3.84. The third-order valence-corrected chi connectivity index (χ3v) is 6.39. The fraction of sp³-hybridized carbons (Fsp3) is 0.308. The van der Waals surface area contributed by atoms with Crippen molar-refractivity contribution in [3.63, 3.8) is 0 Å². The molecule has 0 atom stereocenters. The summed E-state index contributed by atoms with van der Waals surface area (Å²) < 4.78 is 15.6. The molecule has 0 spiro atoms. The Bertz CT molecular complexity index is 1230. The minimum Gasteiger partial charge on any atom is -0.396 e. The molecule has 4 aromatic rings. The van der Waals surface area contributed by atoms with Gasteiger partial charge in [-0.15, -0.1) is 0 Å². The summed E-state index contributed by atoms with van der Waals surface area (Å²) in [5.74, 6) is 1.40. The Hall–Kier alpha value is -3.65. The number of piperidine rings is 1. The van der Waals surface area contributed by atoms with E-state index in [1.807, 2.05) is 42.5 Å². The van der Waals surface area contributed by atoms with Gasteiger partial charge < -0.3 is 25.8 Å². The third kappa shape index (κ3) is 5.12. The first-order chi connectivity index (χ1) is 16.7. The maximum absolute atomic E-state index is 13.4. The molecule has 0 saturated carbocycles. The van der Waals surface area contributed by atoms with Gasteiger partial charge in [0.25, 0.3) is 0 Å². The van der Waals surface area contributed by atoms with Crippen LogP contribution in [0.4, 0.5) is 21.8 Å². The number of rotatable bonds is 8. The van der Waals surface area contributed by atoms with Crippen LogP contribution >= 0.6 is 0 Å². The summed E-state index contributed by atoms with van der Waals surface area (Å²) >= 11 is 0. The molecule has 0 amide bonds. The number of imidazole rings is 1. The van der Waals surface area contributed by atoms with Crippen LogP contribution in [0.2, 0.25) is 0 Å². The van der Waals surface area contributed by atoms with E-state index in [1.54, 1.807) is 6.20 Å². The number of hydrogen-bond donors (Lipinski definition) is 3. The Morgan fingerprint density at radius 1 is 1.00 bits per heavy atom. The van der Waals surface area contributed by atoms with Crippen molar-refractivity contribution in [3.05, 3.63) is 78.2 Å². The number of nitrogens with zero attached hydrogens (tertiary/aromatic N) is 4. The molecule has 3 heterocycles. The van der Waals surface area contributed by atoms with Gasteiger partial charge in [0.1, 0.15) is 11.6 Å². The van der Waals surface area contributed by atoms with E-state index in [2.05, 4.69) is 31.2 Å². The number of anilines is 3. The van der Waals surface area contributed by atoms with Gasteiger partial charge in [-0.3, -0.25) is 0 Å². The predicted octanol–water partition coefficient (Wildman–Crippen LogP) is 4.19. The average Bonchev–Trinajstić information content (AvgIpc) is 3.19. The van der Waals surface area contributed by atoms with E-state index in [1.165, 1.54) is 12.1 Å². The van der Waals surface area contributed by atoms with Gasteiger partial charge in [0, 0.05) is 38.4 Å². The summed E-state index contributed by atoms with van der Waals surface area (Å²) in [4.78, 5) is 11.6. The zero-order valence-corrected chi connectivity index (χ0v) is 19.1. The fourth-order valence-corrected chi connectivity index (χ4v) is 4.50. The lowest BCUT2D eigenvalue weighted by molar-refractivity contribution is 0.226. The molecule has 8 heteroatoms. The number of nitrogen functional groups attached to an aromatic ring is 1. The van der Waals surface area contributed by atoms with Crippen molar-refractivity contribution in [1.29, 1.82) is 0 Å². The minimum absolute atomic E-state index is 0.219. The Morgan fingerprint density at radius 2 is 1.79 bits per heavy atom. The lowest BCUT2D eigenvalue weighted by Gasteiger charge is -2.32. The highest BCUT2D eigenvalue weighted by molar-refractivity contribution is 5.78. The van der Waals surface area contributed by atoms with Gasteiger partial charge >= 0.3 is 0 Å². The third-order valence-electron chi connectivity index (χ3n) is 6.39. The first-order valence-electron chi connectivity index (χ1n) is 11.8. The molecule has 4 N–H and O–H groups in total. The molecule has 5 rings (SSSR count). The van der Waals surface area contributed by atoms with E-state index >= 15 is 0 Å². The number of halogens is 1. The number of aromatic nitrogens is 3. The van der Waals surface area contributed by atoms with Crippen LogP contribution in [0.1, 0.15) is 18.4 Å². The first kappa shape index (κ1) is 22.2. The zero-order valence-electron chi connectivity index (χ0n) is 19.1. The smallest absolute Gasteiger partial charge is 0.204 e. The van der Waals surface area contributed by atoms with Crippen LogP contribution in [0.3, 0.4) is 0 Å². The van der Waals surface area contributed by atoms with Crippen molar-refractivity contribution < 1.29 is 4.39 Å². The molecular formula is C26H30FN7. The first-order valence-corrected chi connectivity index (χ1v) is 11.8. The number of benzene rings is 2. The zero-order chi connectivity index (χ0) is 23.3. The standard InChI is InChI=1S/C26H30FN7/c27-20-9-7-19(8-10-20)18-34-24-6-2-1-5-23(24)32-26(34)31-21-11-15-33(16-12-21)17-14-30-25-22(28)4-3-13-29-25/h1-10,13,21H,11-12,14-18,28H2,(H,29,30)(H,31,32). The van der Waals surface area contributed by atoms with Gasteiger partial charge in [-0.05, 0) is 54.8 Å². The molecule has 0 unspecified atom stereocenters. The monoisotopic (exact) mass is 459 g/mol. The van der Waals surface area contributed by atoms with Crippen molar-refractivity contribution in [3.8, 4) is 0 Å². The van der Waals surface area contributed by atoms with E-state index in [0.717, 1.165) is 67.4 Å². The van der Waals surface area contributed by atoms with Crippen LogP contribution in [0, 0.1) is 5.82 Å². The second-order valence-electron chi connectivity index (χ2n) is 8.77. The van der Waals surface area contributed by atoms with Crippen LogP contribution in [-0.4, -0.2) is 51.7 Å². The number of nitrogens with two attached hydrogens (primary N) is 1. The molecule has 34 heavy (non-hydrogen) atoms. The second kappa shape index (κ2) is 10.1. The highest BCUT2D eigenvalue weighted by atomic mass is 19.1. The summed E-state index contributed by atoms with van der Waals surface area (Å²) in [6, 6.07) is 18.9. The van der Waals surface area contributed by atoms with E-state index in [-0.39, 0.29) is 5.82 Å². The van der Waals surface area contributed by atoms with Crippen molar-refractivity contribution in [2.45, 2.75) is 25.4 Å². The molecule has 1 aliphatic rings. The summed E-state index contributed by atoms with van der Waals surface area (Å²) in [5.41, 5.74) is 9.71. The van der Waals surface area contributed by atoms with Crippen LogP contribution in [0.5, 0.6) is 0 Å². The number of nitrogens with one attached hydrogen (secondary N) is 2. The maximum atomic E-state index is 13.4. The summed E-state index contributed by atoms with van der Waals surface area (Å²) in [7, 11) is 0. The molecule has 7 nitrogen and oxygen atoms in total. The lowest BCUT2D eigenvalue weighted by Crippen LogP contribution is -2.41. The normalized spacial score (nSPS) is 15.0. The van der Waals surface area contributed by atoms with E-state index in [9.17, 15) is 4.39 Å². The van der Waals surface area contributed by atoms with Crippen molar-refractivity contribution >= 4 is 28.5 Å². The highest BCUT2D eigenvalue weighted by Crippen LogP contribution is 2.24. The molecule has 176 valence electrons. The Labute approximate surface area is 198 Å². The fourth-order valence-electron chi connectivity index (χ4n) is 4.50. The number of hydrogen-bond acceptors (Lipinski definition) is 6. The van der Waals surface area contributed by atoms with Crippen LogP contribution in [0.25, 0.3) is 11.0 Å². The highest BCUT2D eigenvalue weighted by Gasteiger charge is 2.21. The Morgan fingerprint density at radius 3 is 2.59 bits per heavy atom. The van der Waals surface area contributed by atoms with E-state index < -0.39 is 0 Å².